The first kappa shape index (κ1) is 26.0. The van der Waals surface area contributed by atoms with Gasteiger partial charge >= 0.3 is 0 Å². The molecule has 2 aromatic heterocycles. The third-order valence-corrected chi connectivity index (χ3v) is 8.62. The minimum atomic E-state index is -1.54. The Hall–Kier alpha value is -3.08. The Morgan fingerprint density at radius 3 is 2.67 bits per heavy atom. The molecule has 2 atom stereocenters. The van der Waals surface area contributed by atoms with Gasteiger partial charge in [0.25, 0.3) is 11.5 Å². The van der Waals surface area contributed by atoms with E-state index in [2.05, 4.69) is 16.9 Å². The molecule has 2 N–H and O–H groups in total. The van der Waals surface area contributed by atoms with Gasteiger partial charge in [0.1, 0.15) is 11.4 Å². The highest BCUT2D eigenvalue weighted by Crippen LogP contribution is 2.26. The van der Waals surface area contributed by atoms with Gasteiger partial charge in [-0.05, 0) is 68.4 Å². The Morgan fingerprint density at radius 2 is 2.03 bits per heavy atom. The van der Waals surface area contributed by atoms with Crippen LogP contribution in [0.5, 0.6) is 5.88 Å². The molecule has 1 amide bonds. The van der Waals surface area contributed by atoms with E-state index in [-0.39, 0.29) is 18.5 Å². The van der Waals surface area contributed by atoms with Crippen molar-refractivity contribution in [1.82, 2.24) is 19.9 Å². The van der Waals surface area contributed by atoms with E-state index in [9.17, 15) is 13.8 Å². The van der Waals surface area contributed by atoms with Crippen molar-refractivity contribution in [2.75, 3.05) is 26.5 Å². The van der Waals surface area contributed by atoms with Crippen molar-refractivity contribution in [1.29, 1.82) is 0 Å². The number of fused-ring (bicyclic) bond motifs is 1. The number of aryl methyl sites for hydroxylation is 1. The van der Waals surface area contributed by atoms with Crippen LogP contribution in [-0.4, -0.2) is 67.0 Å². The van der Waals surface area contributed by atoms with E-state index in [1.807, 2.05) is 30.3 Å². The molecule has 2 heterocycles. The molecular weight excluding hydrogens is 480 g/mol. The third kappa shape index (κ3) is 5.66. The van der Waals surface area contributed by atoms with Crippen LogP contribution >= 0.6 is 0 Å². The maximum atomic E-state index is 13.0. The number of nitrogens with zero attached hydrogens (tertiary/aromatic N) is 3. The average molecular weight is 513 g/mol. The van der Waals surface area contributed by atoms with Crippen LogP contribution in [0, 0.1) is 0 Å². The van der Waals surface area contributed by atoms with E-state index < -0.39 is 21.5 Å². The molecule has 1 fully saturated rings. The second kappa shape index (κ2) is 10.9. The van der Waals surface area contributed by atoms with Crippen LogP contribution in [0.4, 0.5) is 0 Å². The Bertz CT molecular complexity index is 1320. The van der Waals surface area contributed by atoms with Crippen molar-refractivity contribution in [2.45, 2.75) is 43.5 Å². The maximum Gasteiger partial charge on any atom is 0.261 e. The van der Waals surface area contributed by atoms with E-state index in [0.29, 0.717) is 23.9 Å². The molecule has 1 aromatic carbocycles. The monoisotopic (exact) mass is 512 g/mol. The molecule has 0 aliphatic heterocycles. The number of hydrogen-bond acceptors (Lipinski definition) is 7. The molecule has 1 aliphatic carbocycles. The molecule has 0 spiro atoms. The third-order valence-electron chi connectivity index (χ3n) is 6.96. The van der Waals surface area contributed by atoms with Gasteiger partial charge in [-0.3, -0.25) is 19.0 Å². The van der Waals surface area contributed by atoms with Gasteiger partial charge in [-0.15, -0.1) is 0 Å². The van der Waals surface area contributed by atoms with Crippen molar-refractivity contribution in [3.8, 4) is 17.0 Å². The summed E-state index contributed by atoms with van der Waals surface area (Å²) in [5.41, 5.74) is 3.22. The number of amides is 1. The highest BCUT2D eigenvalue weighted by molar-refractivity contribution is 7.86. The van der Waals surface area contributed by atoms with E-state index in [1.54, 1.807) is 23.9 Å². The van der Waals surface area contributed by atoms with Crippen LogP contribution in [0.1, 0.15) is 26.2 Å². The summed E-state index contributed by atoms with van der Waals surface area (Å²) >= 11 is 0. The lowest BCUT2D eigenvalue weighted by Crippen LogP contribution is -2.47. The molecule has 3 aromatic rings. The van der Waals surface area contributed by atoms with Gasteiger partial charge < -0.3 is 14.2 Å². The summed E-state index contributed by atoms with van der Waals surface area (Å²) in [6.07, 6.45) is 7.50. The standard InChI is InChI=1S/C26H32N4O5S/c1-26(36(3)34,25(32)28-33)11-13-30-12-10-19-16-18(4-8-22(19)24(30)31)20-5-9-23(27-17-20)35-15-14-29(2)21-6-7-21/h4-5,8-10,12,16-17,21,33H,6-7,11,13-15H2,1-3H3,(H,28,32)/t26-,36?/m1/s1. The normalized spacial score (nSPS) is 16.0. The lowest BCUT2D eigenvalue weighted by molar-refractivity contribution is -0.131. The minimum absolute atomic E-state index is 0.128. The SMILES string of the molecule is CN(CCOc1ccc(-c2ccc3c(=O)n(CC[C@](C)(C(=O)NO)S(C)=O)ccc3c2)cn1)C1CC1. The lowest BCUT2D eigenvalue weighted by Gasteiger charge is -2.24. The Morgan fingerprint density at radius 1 is 1.28 bits per heavy atom. The Labute approximate surface area is 212 Å². The summed E-state index contributed by atoms with van der Waals surface area (Å²) in [7, 11) is 0.577. The molecule has 1 aliphatic rings. The van der Waals surface area contributed by atoms with Gasteiger partial charge in [-0.2, -0.15) is 0 Å². The van der Waals surface area contributed by atoms with E-state index in [4.69, 9.17) is 9.94 Å². The van der Waals surface area contributed by atoms with Crippen LogP contribution in [0.25, 0.3) is 21.9 Å². The number of likely N-dealkylation sites (N-methyl/N-ethyl adjacent to an activating group) is 1. The maximum absolute atomic E-state index is 13.0. The second-order valence-electron chi connectivity index (χ2n) is 9.44. The molecular formula is C26H32N4O5S. The summed E-state index contributed by atoms with van der Waals surface area (Å²) in [5.74, 6) is -0.154. The molecule has 0 saturated heterocycles. The van der Waals surface area contributed by atoms with Crippen LogP contribution in [0.2, 0.25) is 0 Å². The van der Waals surface area contributed by atoms with Crippen LogP contribution in [0.3, 0.4) is 0 Å². The molecule has 36 heavy (non-hydrogen) atoms. The molecule has 1 unspecified atom stereocenters. The van der Waals surface area contributed by atoms with Crippen molar-refractivity contribution in [2.24, 2.45) is 0 Å². The number of hydrogen-bond donors (Lipinski definition) is 2. The Kier molecular flexibility index (Phi) is 7.87. The molecule has 9 nitrogen and oxygen atoms in total. The summed E-state index contributed by atoms with van der Waals surface area (Å²) in [6.45, 7) is 3.16. The van der Waals surface area contributed by atoms with Gasteiger partial charge in [-0.1, -0.05) is 6.07 Å². The summed E-state index contributed by atoms with van der Waals surface area (Å²) in [6, 6.07) is 11.9. The van der Waals surface area contributed by atoms with Gasteiger partial charge in [-0.25, -0.2) is 10.5 Å². The number of hydroxylamine groups is 1. The summed E-state index contributed by atoms with van der Waals surface area (Å²) in [5, 5.41) is 10.3. The number of aromatic nitrogens is 2. The summed E-state index contributed by atoms with van der Waals surface area (Å²) < 4.78 is 18.1. The van der Waals surface area contributed by atoms with Gasteiger partial charge in [0.05, 0.1) is 0 Å². The van der Waals surface area contributed by atoms with Crippen molar-refractivity contribution < 1.29 is 18.9 Å². The zero-order valence-electron chi connectivity index (χ0n) is 20.8. The highest BCUT2D eigenvalue weighted by Gasteiger charge is 2.37. The zero-order valence-corrected chi connectivity index (χ0v) is 21.6. The van der Waals surface area contributed by atoms with Crippen molar-refractivity contribution in [3.63, 3.8) is 0 Å². The van der Waals surface area contributed by atoms with Gasteiger partial charge in [0.15, 0.2) is 0 Å². The fourth-order valence-corrected chi connectivity index (χ4v) is 4.80. The largest absolute Gasteiger partial charge is 0.476 e. The highest BCUT2D eigenvalue weighted by atomic mass is 32.2. The number of carbonyl (C=O) groups excluding carboxylic acids is 1. The molecule has 10 heteroatoms. The number of benzene rings is 1. The lowest BCUT2D eigenvalue weighted by atomic mass is 10.0. The van der Waals surface area contributed by atoms with Crippen molar-refractivity contribution >= 4 is 27.5 Å². The quantitative estimate of drug-likeness (QED) is 0.300. The van der Waals surface area contributed by atoms with Crippen LogP contribution in [0.15, 0.2) is 53.6 Å². The number of ether oxygens (including phenoxy) is 1. The second-order valence-corrected chi connectivity index (χ2v) is 11.2. The molecule has 4 rings (SSSR count). The number of rotatable bonds is 11. The first-order valence-electron chi connectivity index (χ1n) is 11.9. The van der Waals surface area contributed by atoms with E-state index >= 15 is 0 Å². The predicted molar refractivity (Wildman–Crippen MR) is 140 cm³/mol. The fourth-order valence-electron chi connectivity index (χ4n) is 4.11. The minimum Gasteiger partial charge on any atom is -0.476 e. The first-order valence-corrected chi connectivity index (χ1v) is 13.5. The van der Waals surface area contributed by atoms with Gasteiger partial charge in [0.2, 0.25) is 5.88 Å². The predicted octanol–water partition coefficient (Wildman–Crippen LogP) is 2.57. The van der Waals surface area contributed by atoms with E-state index in [1.165, 1.54) is 30.6 Å². The van der Waals surface area contributed by atoms with Crippen LogP contribution in [-0.2, 0) is 22.1 Å². The number of pyridine rings is 2. The van der Waals surface area contributed by atoms with Crippen LogP contribution < -0.4 is 15.8 Å². The number of nitrogens with one attached hydrogen (secondary N) is 1. The fraction of sp³-hybridized carbons (Fsp3) is 0.423. The van der Waals surface area contributed by atoms with Crippen molar-refractivity contribution in [3.05, 3.63) is 59.1 Å². The smallest absolute Gasteiger partial charge is 0.261 e. The topological polar surface area (TPSA) is 114 Å². The molecule has 0 radical (unpaired) electrons. The Balaban J connectivity index is 1.45. The first-order chi connectivity index (χ1) is 17.2. The zero-order chi connectivity index (χ0) is 25.9. The van der Waals surface area contributed by atoms with E-state index in [0.717, 1.165) is 23.1 Å². The number of carbonyl (C=O) groups is 1. The average Bonchev–Trinajstić information content (AvgIpc) is 3.73. The molecule has 1 saturated carbocycles. The summed E-state index contributed by atoms with van der Waals surface area (Å²) in [4.78, 5) is 31.8. The molecule has 192 valence electrons. The van der Waals surface area contributed by atoms with Gasteiger partial charge in [0, 0.05) is 65.6 Å². The molecule has 0 bridgehead atoms.